The van der Waals surface area contributed by atoms with E-state index in [4.69, 9.17) is 9.47 Å². The molecule has 0 aromatic heterocycles. The Labute approximate surface area is 251 Å². The molecule has 214 valence electrons. The topological polar surface area (TPSA) is 64.8 Å². The Morgan fingerprint density at radius 1 is 0.744 bits per heavy atom. The Hall–Kier alpha value is -5.36. The van der Waals surface area contributed by atoms with Crippen LogP contribution >= 0.6 is 0 Å². The van der Waals surface area contributed by atoms with Crippen LogP contribution in [0.15, 0.2) is 140 Å². The van der Waals surface area contributed by atoms with Crippen LogP contribution in [0.2, 0.25) is 0 Å². The minimum absolute atomic E-state index is 0.455. The van der Waals surface area contributed by atoms with Gasteiger partial charge in [-0.15, -0.1) is 0 Å². The maximum absolute atomic E-state index is 14.1. The van der Waals surface area contributed by atoms with Crippen molar-refractivity contribution in [3.63, 3.8) is 0 Å². The lowest BCUT2D eigenvalue weighted by atomic mass is 9.78. The number of carbonyl (C=O) groups is 1. The van der Waals surface area contributed by atoms with Gasteiger partial charge < -0.3 is 19.4 Å². The van der Waals surface area contributed by atoms with E-state index in [0.717, 1.165) is 22.5 Å². The van der Waals surface area contributed by atoms with Crippen LogP contribution in [-0.2, 0) is 16.9 Å². The smallest absolute Gasteiger partial charge is 0.286 e. The summed E-state index contributed by atoms with van der Waals surface area (Å²) in [5.41, 5.74) is 2.31. The highest BCUT2D eigenvalue weighted by Crippen LogP contribution is 2.51. The third-order valence-electron chi connectivity index (χ3n) is 8.04. The predicted molar refractivity (Wildman–Crippen MR) is 165 cm³/mol. The summed E-state index contributed by atoms with van der Waals surface area (Å²) in [5, 5.41) is 14.1. The zero-order chi connectivity index (χ0) is 29.8. The van der Waals surface area contributed by atoms with Gasteiger partial charge in [-0.05, 0) is 29.8 Å². The minimum Gasteiger partial charge on any atom is -0.545 e. The number of hydrogen-bond donors (Lipinski definition) is 0. The van der Waals surface area contributed by atoms with Gasteiger partial charge in [0.15, 0.2) is 17.5 Å². The average molecular weight is 569 g/mol. The molecule has 6 heteroatoms. The van der Waals surface area contributed by atoms with Crippen molar-refractivity contribution < 1.29 is 24.0 Å². The maximum Gasteiger partial charge on any atom is 0.286 e. The molecule has 5 aromatic rings. The fourth-order valence-electron chi connectivity index (χ4n) is 6.24. The van der Waals surface area contributed by atoms with E-state index in [9.17, 15) is 9.90 Å². The van der Waals surface area contributed by atoms with Gasteiger partial charge >= 0.3 is 0 Å². The lowest BCUT2D eigenvalue weighted by Gasteiger charge is -2.39. The van der Waals surface area contributed by atoms with Gasteiger partial charge in [-0.3, -0.25) is 0 Å². The number of aliphatic carboxylic acids is 1. The third kappa shape index (κ3) is 4.81. The van der Waals surface area contributed by atoms with Crippen molar-refractivity contribution in [2.45, 2.75) is 18.1 Å². The SMILES string of the molecule is COc1ccc(N2C(c3ccccc3)=[N+](Cc3ccccc3)C(c3ccccc3)C2(C(=O)[O-])c2ccccc2)cc1OC. The fraction of sp³-hybridized carbons (Fsp3) is 0.135. The number of benzene rings is 5. The Balaban J connectivity index is 1.77. The molecule has 1 aliphatic heterocycles. The first-order valence-corrected chi connectivity index (χ1v) is 14.2. The Morgan fingerprint density at radius 3 is 1.88 bits per heavy atom. The molecule has 0 amide bonds. The van der Waals surface area contributed by atoms with Gasteiger partial charge in [0, 0.05) is 17.2 Å². The largest absolute Gasteiger partial charge is 0.545 e. The van der Waals surface area contributed by atoms with Crippen molar-refractivity contribution in [3.8, 4) is 11.5 Å². The molecule has 6 nitrogen and oxygen atoms in total. The monoisotopic (exact) mass is 568 g/mol. The molecule has 1 heterocycles. The molecule has 0 fully saturated rings. The van der Waals surface area contributed by atoms with E-state index in [2.05, 4.69) is 16.7 Å². The molecule has 43 heavy (non-hydrogen) atoms. The van der Waals surface area contributed by atoms with Crippen molar-refractivity contribution >= 4 is 17.5 Å². The van der Waals surface area contributed by atoms with Gasteiger partial charge in [0.05, 0.1) is 25.8 Å². The molecule has 0 bridgehead atoms. The van der Waals surface area contributed by atoms with Gasteiger partial charge in [0.1, 0.15) is 12.2 Å². The number of amidine groups is 1. The highest BCUT2D eigenvalue weighted by atomic mass is 16.5. The van der Waals surface area contributed by atoms with Crippen molar-refractivity contribution in [3.05, 3.63) is 162 Å². The predicted octanol–water partition coefficient (Wildman–Crippen LogP) is 5.57. The maximum atomic E-state index is 14.1. The quantitative estimate of drug-likeness (QED) is 0.218. The summed E-state index contributed by atoms with van der Waals surface area (Å²) in [6.45, 7) is 0.455. The molecule has 1 aliphatic rings. The standard InChI is InChI=1S/C37H32N2O4/c1-42-32-24-23-31(25-33(32)43-2)39-35(29-19-11-5-12-20-29)38(26-27-15-7-3-8-16-27)34(28-17-9-4-10-18-28)37(39,36(40)41)30-21-13-6-14-22-30/h3-25,34H,26H2,1-2H3. The van der Waals surface area contributed by atoms with Crippen molar-refractivity contribution in [1.29, 1.82) is 0 Å². The summed E-state index contributed by atoms with van der Waals surface area (Å²) in [6, 6.07) is 44.0. The molecular formula is C37H32N2O4. The van der Waals surface area contributed by atoms with Crippen LogP contribution in [0.25, 0.3) is 0 Å². The molecule has 0 saturated heterocycles. The number of carbonyl (C=O) groups excluding carboxylic acids is 1. The number of carboxylic acid groups (broad SMARTS) is 1. The molecule has 0 spiro atoms. The van der Waals surface area contributed by atoms with Crippen LogP contribution in [0.4, 0.5) is 5.69 Å². The number of anilines is 1. The first-order chi connectivity index (χ1) is 21.1. The zero-order valence-corrected chi connectivity index (χ0v) is 24.1. The lowest BCUT2D eigenvalue weighted by Crippen LogP contribution is -2.59. The summed E-state index contributed by atoms with van der Waals surface area (Å²) >= 11 is 0. The van der Waals surface area contributed by atoms with Crippen molar-refractivity contribution in [1.82, 2.24) is 0 Å². The van der Waals surface area contributed by atoms with Gasteiger partial charge in [-0.25, -0.2) is 9.48 Å². The second-order valence-corrected chi connectivity index (χ2v) is 10.4. The van der Waals surface area contributed by atoms with Gasteiger partial charge in [-0.1, -0.05) is 109 Å². The number of rotatable bonds is 9. The van der Waals surface area contributed by atoms with E-state index in [1.165, 1.54) is 0 Å². The number of hydrogen-bond acceptors (Lipinski definition) is 5. The van der Waals surface area contributed by atoms with E-state index < -0.39 is 17.6 Å². The average Bonchev–Trinajstić information content (AvgIpc) is 3.37. The lowest BCUT2D eigenvalue weighted by molar-refractivity contribution is -0.587. The summed E-state index contributed by atoms with van der Waals surface area (Å²) in [6.07, 6.45) is 0. The fourth-order valence-corrected chi connectivity index (χ4v) is 6.24. The van der Waals surface area contributed by atoms with E-state index in [0.29, 0.717) is 29.3 Å². The van der Waals surface area contributed by atoms with Crippen LogP contribution in [0.3, 0.4) is 0 Å². The minimum atomic E-state index is -1.68. The summed E-state index contributed by atoms with van der Waals surface area (Å²) in [4.78, 5) is 16.0. The summed E-state index contributed by atoms with van der Waals surface area (Å²) in [5.74, 6) is 0.557. The number of nitrogens with zero attached hydrogens (tertiary/aromatic N) is 2. The molecule has 0 N–H and O–H groups in total. The van der Waals surface area contributed by atoms with Crippen LogP contribution in [-0.4, -0.2) is 30.6 Å². The molecule has 5 aromatic carbocycles. The zero-order valence-electron chi connectivity index (χ0n) is 24.1. The van der Waals surface area contributed by atoms with Gasteiger partial charge in [-0.2, -0.15) is 0 Å². The van der Waals surface area contributed by atoms with E-state index in [1.807, 2.05) is 126 Å². The highest BCUT2D eigenvalue weighted by molar-refractivity contribution is 6.13. The summed E-state index contributed by atoms with van der Waals surface area (Å²) < 4.78 is 13.5. The number of ether oxygens (including phenoxy) is 2. The van der Waals surface area contributed by atoms with Crippen molar-refractivity contribution in [2.24, 2.45) is 0 Å². The molecule has 0 aliphatic carbocycles. The molecule has 2 unspecified atom stereocenters. The number of methoxy groups -OCH3 is 2. The van der Waals surface area contributed by atoms with Crippen LogP contribution in [0, 0.1) is 0 Å². The van der Waals surface area contributed by atoms with Crippen LogP contribution in [0.1, 0.15) is 28.3 Å². The molecular weight excluding hydrogens is 536 g/mol. The summed E-state index contributed by atoms with van der Waals surface area (Å²) in [7, 11) is 3.16. The highest BCUT2D eigenvalue weighted by Gasteiger charge is 2.64. The first-order valence-electron chi connectivity index (χ1n) is 14.2. The molecule has 2 atom stereocenters. The van der Waals surface area contributed by atoms with Crippen LogP contribution in [0.5, 0.6) is 11.5 Å². The normalized spacial score (nSPS) is 18.0. The Kier molecular flexibility index (Phi) is 7.67. The molecule has 0 radical (unpaired) electrons. The second-order valence-electron chi connectivity index (χ2n) is 10.4. The third-order valence-corrected chi connectivity index (χ3v) is 8.04. The van der Waals surface area contributed by atoms with Crippen LogP contribution < -0.4 is 19.5 Å². The van der Waals surface area contributed by atoms with E-state index in [1.54, 1.807) is 20.3 Å². The Bertz CT molecular complexity index is 1740. The first kappa shape index (κ1) is 27.8. The van der Waals surface area contributed by atoms with E-state index in [-0.39, 0.29) is 0 Å². The van der Waals surface area contributed by atoms with Crippen molar-refractivity contribution in [2.75, 3.05) is 19.1 Å². The van der Waals surface area contributed by atoms with E-state index >= 15 is 0 Å². The van der Waals surface area contributed by atoms with Gasteiger partial charge in [0.25, 0.3) is 5.84 Å². The molecule has 6 rings (SSSR count). The number of carboxylic acids is 1. The molecule has 0 saturated carbocycles. The van der Waals surface area contributed by atoms with Gasteiger partial charge in [0.2, 0.25) is 5.54 Å². The Morgan fingerprint density at radius 2 is 1.30 bits per heavy atom. The second kappa shape index (κ2) is 11.9.